The Hall–Kier alpha value is -3.73. The maximum absolute atomic E-state index is 12.5. The summed E-state index contributed by atoms with van der Waals surface area (Å²) in [6.45, 7) is 5.42. The Kier molecular flexibility index (Phi) is 7.53. The highest BCUT2D eigenvalue weighted by Crippen LogP contribution is 2.32. The smallest absolute Gasteiger partial charge is 0.251 e. The van der Waals surface area contributed by atoms with E-state index >= 15 is 0 Å². The van der Waals surface area contributed by atoms with Crippen LogP contribution >= 0.6 is 11.8 Å². The summed E-state index contributed by atoms with van der Waals surface area (Å²) in [5.41, 5.74) is 1.16. The number of anilines is 1. The molecule has 2 N–H and O–H groups in total. The van der Waals surface area contributed by atoms with Crippen molar-refractivity contribution >= 4 is 29.3 Å². The number of benzene rings is 2. The van der Waals surface area contributed by atoms with E-state index in [0.717, 1.165) is 5.75 Å². The molecule has 1 aliphatic heterocycles. The topological polar surface area (TPSA) is 117 Å². The predicted molar refractivity (Wildman–Crippen MR) is 126 cm³/mol. The van der Waals surface area contributed by atoms with Gasteiger partial charge in [-0.25, -0.2) is 0 Å². The number of thioether (sulfide) groups is 1. The van der Waals surface area contributed by atoms with Crippen molar-refractivity contribution in [1.82, 2.24) is 20.1 Å². The van der Waals surface area contributed by atoms with Gasteiger partial charge in [0, 0.05) is 17.8 Å². The zero-order valence-corrected chi connectivity index (χ0v) is 19.7. The summed E-state index contributed by atoms with van der Waals surface area (Å²) in [7, 11) is 0. The van der Waals surface area contributed by atoms with Gasteiger partial charge in [-0.2, -0.15) is 0 Å². The summed E-state index contributed by atoms with van der Waals surface area (Å²) in [6, 6.07) is 12.2. The Morgan fingerprint density at radius 1 is 1.09 bits per heavy atom. The molecule has 1 aromatic heterocycles. The first-order valence-corrected chi connectivity index (χ1v) is 11.8. The molecule has 0 unspecified atom stereocenters. The zero-order valence-electron chi connectivity index (χ0n) is 18.9. The second-order valence-corrected chi connectivity index (χ2v) is 8.13. The van der Waals surface area contributed by atoms with Crippen molar-refractivity contribution in [3.8, 4) is 17.2 Å². The summed E-state index contributed by atoms with van der Waals surface area (Å²) in [4.78, 5) is 24.9. The second-order valence-electron chi connectivity index (χ2n) is 7.19. The number of nitrogens with one attached hydrogen (secondary N) is 2. The van der Waals surface area contributed by atoms with E-state index in [1.54, 1.807) is 30.3 Å². The van der Waals surface area contributed by atoms with Gasteiger partial charge >= 0.3 is 0 Å². The van der Waals surface area contributed by atoms with Crippen LogP contribution in [0.3, 0.4) is 0 Å². The van der Waals surface area contributed by atoms with Crippen LogP contribution in [-0.2, 0) is 17.9 Å². The highest BCUT2D eigenvalue weighted by Gasteiger charge is 2.18. The van der Waals surface area contributed by atoms with Gasteiger partial charge in [0.1, 0.15) is 5.75 Å². The molecule has 0 fully saturated rings. The molecule has 0 spiro atoms. The molecular formula is C23H25N5O5S. The Morgan fingerprint density at radius 3 is 2.65 bits per heavy atom. The number of hydrogen-bond acceptors (Lipinski definition) is 8. The van der Waals surface area contributed by atoms with Gasteiger partial charge in [-0.1, -0.05) is 11.8 Å². The first kappa shape index (κ1) is 23.4. The Labute approximate surface area is 201 Å². The molecule has 2 amide bonds. The largest absolute Gasteiger partial charge is 0.494 e. The van der Waals surface area contributed by atoms with Crippen molar-refractivity contribution in [1.29, 1.82) is 0 Å². The van der Waals surface area contributed by atoms with Crippen LogP contribution in [0, 0.1) is 0 Å². The number of ether oxygens (including phenoxy) is 3. The highest BCUT2D eigenvalue weighted by atomic mass is 32.2. The van der Waals surface area contributed by atoms with Crippen LogP contribution in [0.5, 0.6) is 17.2 Å². The highest BCUT2D eigenvalue weighted by molar-refractivity contribution is 7.99. The number of hydrogen-bond donors (Lipinski definition) is 2. The summed E-state index contributed by atoms with van der Waals surface area (Å²) in [6.07, 6.45) is 0. The fourth-order valence-corrected chi connectivity index (χ4v) is 4.12. The number of carbonyl (C=O) groups is 2. The van der Waals surface area contributed by atoms with Crippen LogP contribution in [0.4, 0.5) is 5.69 Å². The first-order chi connectivity index (χ1) is 16.6. The lowest BCUT2D eigenvalue weighted by atomic mass is 10.2. The number of amides is 2. The molecule has 0 bridgehead atoms. The average Bonchev–Trinajstić information content (AvgIpc) is 3.48. The Bertz CT molecular complexity index is 1170. The van der Waals surface area contributed by atoms with Crippen LogP contribution < -0.4 is 24.8 Å². The third kappa shape index (κ3) is 5.60. The van der Waals surface area contributed by atoms with E-state index in [4.69, 9.17) is 14.2 Å². The number of aromatic nitrogens is 3. The molecule has 11 heteroatoms. The summed E-state index contributed by atoms with van der Waals surface area (Å²) < 4.78 is 17.9. The van der Waals surface area contributed by atoms with Gasteiger partial charge in [-0.3, -0.25) is 9.59 Å². The minimum Gasteiger partial charge on any atom is -0.494 e. The number of carbonyl (C=O) groups excluding carboxylic acids is 2. The number of rotatable bonds is 10. The van der Waals surface area contributed by atoms with Crippen LogP contribution in [0.25, 0.3) is 0 Å². The molecule has 0 saturated carbocycles. The van der Waals surface area contributed by atoms with Gasteiger partial charge in [0.2, 0.25) is 12.7 Å². The van der Waals surface area contributed by atoms with Gasteiger partial charge in [-0.15, -0.1) is 10.2 Å². The average molecular weight is 484 g/mol. The van der Waals surface area contributed by atoms with Gasteiger partial charge in [0.15, 0.2) is 22.5 Å². The fourth-order valence-electron chi connectivity index (χ4n) is 3.30. The maximum Gasteiger partial charge on any atom is 0.251 e. The van der Waals surface area contributed by atoms with Crippen molar-refractivity contribution in [2.45, 2.75) is 32.1 Å². The third-order valence-corrected chi connectivity index (χ3v) is 5.90. The minimum absolute atomic E-state index is 0.151. The summed E-state index contributed by atoms with van der Waals surface area (Å²) in [5.74, 6) is 2.29. The van der Waals surface area contributed by atoms with E-state index in [1.165, 1.54) is 11.8 Å². The quantitative estimate of drug-likeness (QED) is 0.423. The standard InChI is InChI=1S/C23H25N5O5S/c1-3-28-20(12-24-22(30)15-5-10-18-19(11-15)33-14-32-18)26-27-23(28)34-13-21(29)25-16-6-8-17(9-7-16)31-4-2/h5-11H,3-4,12-14H2,1-2H3,(H,24,30)(H,25,29). The summed E-state index contributed by atoms with van der Waals surface area (Å²) >= 11 is 1.28. The molecule has 2 heterocycles. The minimum atomic E-state index is -0.257. The number of fused-ring (bicyclic) bond motifs is 1. The molecular weight excluding hydrogens is 458 g/mol. The van der Waals surface area contributed by atoms with Crippen molar-refractivity contribution in [3.63, 3.8) is 0 Å². The Morgan fingerprint density at radius 2 is 1.88 bits per heavy atom. The van der Waals surface area contributed by atoms with Crippen molar-refractivity contribution in [2.75, 3.05) is 24.5 Å². The Balaban J connectivity index is 1.30. The molecule has 10 nitrogen and oxygen atoms in total. The molecule has 3 aromatic rings. The molecule has 0 atom stereocenters. The summed E-state index contributed by atoms with van der Waals surface area (Å²) in [5, 5.41) is 14.7. The predicted octanol–water partition coefficient (Wildman–Crippen LogP) is 3.09. The molecule has 0 saturated heterocycles. The van der Waals surface area contributed by atoms with E-state index in [-0.39, 0.29) is 30.9 Å². The van der Waals surface area contributed by atoms with Crippen LogP contribution in [0.2, 0.25) is 0 Å². The number of nitrogens with zero attached hydrogens (tertiary/aromatic N) is 3. The van der Waals surface area contributed by atoms with E-state index < -0.39 is 0 Å². The lowest BCUT2D eigenvalue weighted by Crippen LogP contribution is -2.24. The first-order valence-electron chi connectivity index (χ1n) is 10.8. The second kappa shape index (κ2) is 10.9. The van der Waals surface area contributed by atoms with Crippen molar-refractivity contribution in [3.05, 3.63) is 53.9 Å². The lowest BCUT2D eigenvalue weighted by molar-refractivity contribution is -0.113. The zero-order chi connectivity index (χ0) is 23.9. The van der Waals surface area contributed by atoms with E-state index in [0.29, 0.717) is 46.9 Å². The normalized spacial score (nSPS) is 11.8. The molecule has 0 radical (unpaired) electrons. The molecule has 1 aliphatic rings. The fraction of sp³-hybridized carbons (Fsp3) is 0.304. The SMILES string of the molecule is CCOc1ccc(NC(=O)CSc2nnc(CNC(=O)c3ccc4c(c3)OCO4)n2CC)cc1. The van der Waals surface area contributed by atoms with Crippen LogP contribution in [-0.4, -0.2) is 45.7 Å². The van der Waals surface area contributed by atoms with Crippen molar-refractivity contribution in [2.24, 2.45) is 0 Å². The van der Waals surface area contributed by atoms with Gasteiger partial charge in [-0.05, 0) is 56.3 Å². The van der Waals surface area contributed by atoms with Gasteiger partial charge in [0.05, 0.1) is 18.9 Å². The monoisotopic (exact) mass is 483 g/mol. The van der Waals surface area contributed by atoms with Crippen LogP contribution in [0.1, 0.15) is 30.0 Å². The van der Waals surface area contributed by atoms with Gasteiger partial charge in [0.25, 0.3) is 5.91 Å². The third-order valence-electron chi connectivity index (χ3n) is 4.93. The van der Waals surface area contributed by atoms with Crippen LogP contribution in [0.15, 0.2) is 47.6 Å². The maximum atomic E-state index is 12.5. The van der Waals surface area contributed by atoms with Gasteiger partial charge < -0.3 is 29.4 Å². The molecule has 34 heavy (non-hydrogen) atoms. The van der Waals surface area contributed by atoms with E-state index in [1.807, 2.05) is 30.5 Å². The molecule has 2 aromatic carbocycles. The molecule has 178 valence electrons. The van der Waals surface area contributed by atoms with E-state index in [9.17, 15) is 9.59 Å². The molecule has 0 aliphatic carbocycles. The van der Waals surface area contributed by atoms with Crippen molar-refractivity contribution < 1.29 is 23.8 Å². The lowest BCUT2D eigenvalue weighted by Gasteiger charge is -2.09. The van der Waals surface area contributed by atoms with E-state index in [2.05, 4.69) is 20.8 Å². The molecule has 4 rings (SSSR count).